The molecule has 0 spiro atoms. The van der Waals surface area contributed by atoms with Gasteiger partial charge in [-0.15, -0.1) is 5.10 Å². The number of thioether (sulfide) groups is 1. The lowest BCUT2D eigenvalue weighted by Gasteiger charge is -2.15. The fourth-order valence-electron chi connectivity index (χ4n) is 0.932. The van der Waals surface area contributed by atoms with Gasteiger partial charge in [-0.05, 0) is 27.2 Å². The van der Waals surface area contributed by atoms with Crippen molar-refractivity contribution in [3.8, 4) is 0 Å². The molecule has 0 atom stereocenters. The van der Waals surface area contributed by atoms with Gasteiger partial charge in [-0.1, -0.05) is 16.9 Å². The second-order valence-electron chi connectivity index (χ2n) is 4.00. The largest absolute Gasteiger partial charge is 0.459 e. The third kappa shape index (κ3) is 5.18. The van der Waals surface area contributed by atoms with E-state index in [0.29, 0.717) is 17.4 Å². The van der Waals surface area contributed by atoms with Crippen LogP contribution in [0.25, 0.3) is 0 Å². The van der Waals surface area contributed by atoms with E-state index >= 15 is 0 Å². The summed E-state index contributed by atoms with van der Waals surface area (Å²) in [7, 11) is 0. The maximum Gasteiger partial charge on any atom is 0.396 e. The van der Waals surface area contributed by atoms with Crippen molar-refractivity contribution in [2.24, 2.45) is 0 Å². The Morgan fingerprint density at radius 1 is 1.53 bits per heavy atom. The zero-order chi connectivity index (χ0) is 12.9. The first-order chi connectivity index (χ1) is 7.92. The number of hydrogen-bond donors (Lipinski definition) is 1. The minimum absolute atomic E-state index is 0.141. The lowest BCUT2D eigenvalue weighted by Crippen LogP contribution is -2.19. The number of aliphatic hydroxyl groups is 1. The van der Waals surface area contributed by atoms with Gasteiger partial charge in [0.1, 0.15) is 0 Å². The molecule has 17 heavy (non-hydrogen) atoms. The highest BCUT2D eigenvalue weighted by atomic mass is 32.2. The molecule has 0 saturated heterocycles. The fourth-order valence-corrected chi connectivity index (χ4v) is 1.94. The molecule has 0 aliphatic rings. The van der Waals surface area contributed by atoms with Gasteiger partial charge in [-0.3, -0.25) is 0 Å². The molecule has 0 amide bonds. The molecular formula is C10H16N2O4S. The van der Waals surface area contributed by atoms with E-state index in [1.807, 2.05) is 0 Å². The molecular weight excluding hydrogens is 244 g/mol. The summed E-state index contributed by atoms with van der Waals surface area (Å²) in [5.74, 6) is -0.125. The van der Waals surface area contributed by atoms with Crippen LogP contribution in [-0.4, -0.2) is 39.2 Å². The molecule has 6 nitrogen and oxygen atoms in total. The minimum atomic E-state index is -0.725. The second-order valence-corrected chi connectivity index (χ2v) is 5.05. The lowest BCUT2D eigenvalue weighted by molar-refractivity contribution is 0.0474. The predicted molar refractivity (Wildman–Crippen MR) is 61.9 cm³/mol. The molecule has 0 aromatic carbocycles. The topological polar surface area (TPSA) is 85.5 Å². The number of ether oxygens (including phenoxy) is 1. The first-order valence-corrected chi connectivity index (χ1v) is 6.27. The number of esters is 1. The number of rotatable bonds is 6. The summed E-state index contributed by atoms with van der Waals surface area (Å²) in [4.78, 5) is 11.2. The van der Waals surface area contributed by atoms with Crippen LogP contribution >= 0.6 is 11.8 Å². The number of hydrogen-bond acceptors (Lipinski definition) is 7. The quantitative estimate of drug-likeness (QED) is 0.612. The molecule has 0 saturated carbocycles. The van der Waals surface area contributed by atoms with Gasteiger partial charge in [-0.25, -0.2) is 4.79 Å². The highest BCUT2D eigenvalue weighted by Crippen LogP contribution is 2.20. The SMILES string of the molecule is CCOC(=O)c1nnc(SCCC(C)(C)O)o1. The van der Waals surface area contributed by atoms with Gasteiger partial charge >= 0.3 is 11.9 Å². The van der Waals surface area contributed by atoms with Crippen LogP contribution in [0.5, 0.6) is 0 Å². The molecule has 0 bridgehead atoms. The normalized spacial score (nSPS) is 11.5. The first-order valence-electron chi connectivity index (χ1n) is 5.28. The number of aromatic nitrogens is 2. The summed E-state index contributed by atoms with van der Waals surface area (Å²) in [6, 6.07) is 0. The van der Waals surface area contributed by atoms with E-state index < -0.39 is 11.6 Å². The number of nitrogens with zero attached hydrogens (tertiary/aromatic N) is 2. The predicted octanol–water partition coefficient (Wildman–Crippen LogP) is 1.50. The van der Waals surface area contributed by atoms with Gasteiger partial charge in [0.2, 0.25) is 0 Å². The third-order valence-corrected chi connectivity index (χ3v) is 2.62. The van der Waals surface area contributed by atoms with E-state index in [-0.39, 0.29) is 12.5 Å². The lowest BCUT2D eigenvalue weighted by atomic mass is 10.1. The molecule has 0 aliphatic carbocycles. The Balaban J connectivity index is 2.43. The molecule has 1 aromatic heterocycles. The van der Waals surface area contributed by atoms with E-state index in [1.165, 1.54) is 11.8 Å². The van der Waals surface area contributed by atoms with Crippen LogP contribution in [0.4, 0.5) is 0 Å². The van der Waals surface area contributed by atoms with Crippen molar-refractivity contribution >= 4 is 17.7 Å². The summed E-state index contributed by atoms with van der Waals surface area (Å²) in [6.45, 7) is 5.42. The van der Waals surface area contributed by atoms with Crippen molar-refractivity contribution in [3.05, 3.63) is 5.89 Å². The van der Waals surface area contributed by atoms with Crippen LogP contribution in [0.1, 0.15) is 37.9 Å². The highest BCUT2D eigenvalue weighted by Gasteiger charge is 2.17. The molecule has 1 N–H and O–H groups in total. The third-order valence-electron chi connectivity index (χ3n) is 1.80. The Kier molecular flexibility index (Phi) is 4.95. The Hall–Kier alpha value is -1.08. The van der Waals surface area contributed by atoms with E-state index in [1.54, 1.807) is 20.8 Å². The molecule has 1 rings (SSSR count). The zero-order valence-electron chi connectivity index (χ0n) is 10.1. The van der Waals surface area contributed by atoms with Crippen molar-refractivity contribution in [3.63, 3.8) is 0 Å². The minimum Gasteiger partial charge on any atom is -0.459 e. The van der Waals surface area contributed by atoms with Gasteiger partial charge in [-0.2, -0.15) is 0 Å². The van der Waals surface area contributed by atoms with E-state index in [0.717, 1.165) is 0 Å². The van der Waals surface area contributed by atoms with Crippen molar-refractivity contribution in [1.29, 1.82) is 0 Å². The molecule has 1 heterocycles. The average molecular weight is 260 g/mol. The van der Waals surface area contributed by atoms with Crippen LogP contribution in [0.2, 0.25) is 0 Å². The van der Waals surface area contributed by atoms with Crippen LogP contribution < -0.4 is 0 Å². The Morgan fingerprint density at radius 3 is 2.82 bits per heavy atom. The van der Waals surface area contributed by atoms with Crippen LogP contribution in [0, 0.1) is 0 Å². The maximum atomic E-state index is 11.2. The molecule has 1 aromatic rings. The van der Waals surface area contributed by atoms with Crippen molar-refractivity contribution in [2.45, 2.75) is 38.0 Å². The first kappa shape index (κ1) is 14.0. The summed E-state index contributed by atoms with van der Waals surface area (Å²) in [6.07, 6.45) is 0.592. The molecule has 7 heteroatoms. The Labute approximate surface area is 104 Å². The van der Waals surface area contributed by atoms with Crippen molar-refractivity contribution in [1.82, 2.24) is 10.2 Å². The highest BCUT2D eigenvalue weighted by molar-refractivity contribution is 7.99. The average Bonchev–Trinajstić information content (AvgIpc) is 2.65. The van der Waals surface area contributed by atoms with Gasteiger partial charge < -0.3 is 14.3 Å². The van der Waals surface area contributed by atoms with Gasteiger partial charge in [0.05, 0.1) is 12.2 Å². The Bertz CT molecular complexity index is 373. The molecule has 0 aliphatic heterocycles. The smallest absolute Gasteiger partial charge is 0.396 e. The molecule has 96 valence electrons. The maximum absolute atomic E-state index is 11.2. The standard InChI is InChI=1S/C10H16N2O4S/c1-4-15-8(13)7-11-12-9(16-7)17-6-5-10(2,3)14/h14H,4-6H2,1-3H3. The fraction of sp³-hybridized carbons (Fsp3) is 0.700. The molecule has 0 unspecified atom stereocenters. The van der Waals surface area contributed by atoms with E-state index in [9.17, 15) is 9.90 Å². The van der Waals surface area contributed by atoms with Crippen LogP contribution in [0.15, 0.2) is 9.64 Å². The summed E-state index contributed by atoms with van der Waals surface area (Å²) < 4.78 is 9.81. The monoisotopic (exact) mass is 260 g/mol. The van der Waals surface area contributed by atoms with Gasteiger partial charge in [0.25, 0.3) is 5.22 Å². The van der Waals surface area contributed by atoms with Gasteiger partial charge in [0.15, 0.2) is 0 Å². The molecule has 0 radical (unpaired) electrons. The summed E-state index contributed by atoms with van der Waals surface area (Å²) in [5.41, 5.74) is -0.725. The van der Waals surface area contributed by atoms with Gasteiger partial charge in [0, 0.05) is 5.75 Å². The van der Waals surface area contributed by atoms with Crippen molar-refractivity contribution in [2.75, 3.05) is 12.4 Å². The number of carbonyl (C=O) groups is 1. The van der Waals surface area contributed by atoms with Crippen molar-refractivity contribution < 1.29 is 19.1 Å². The van der Waals surface area contributed by atoms with Crippen LogP contribution in [0.3, 0.4) is 0 Å². The van der Waals surface area contributed by atoms with E-state index in [4.69, 9.17) is 9.15 Å². The Morgan fingerprint density at radius 2 is 2.24 bits per heavy atom. The summed E-state index contributed by atoms with van der Waals surface area (Å²) in [5, 5.41) is 17.1. The van der Waals surface area contributed by atoms with E-state index in [2.05, 4.69) is 10.2 Å². The molecule has 0 fully saturated rings. The number of carbonyl (C=O) groups excluding carboxylic acids is 1. The zero-order valence-corrected chi connectivity index (χ0v) is 10.9. The summed E-state index contributed by atoms with van der Waals surface area (Å²) >= 11 is 1.30. The van der Waals surface area contributed by atoms with Crippen LogP contribution in [-0.2, 0) is 4.74 Å². The second kappa shape index (κ2) is 6.02.